The summed E-state index contributed by atoms with van der Waals surface area (Å²) in [6.45, 7) is 3.65. The van der Waals surface area contributed by atoms with Gasteiger partial charge in [0, 0.05) is 24.7 Å². The molecule has 3 aromatic rings. The number of H-pyrrole nitrogens is 1. The van der Waals surface area contributed by atoms with Crippen LogP contribution in [0.4, 0.5) is 5.69 Å². The van der Waals surface area contributed by atoms with E-state index in [9.17, 15) is 4.79 Å². The second kappa shape index (κ2) is 5.40. The van der Waals surface area contributed by atoms with Crippen molar-refractivity contribution in [3.05, 3.63) is 60.2 Å². The number of hydrogen-bond acceptors (Lipinski definition) is 2. The summed E-state index contributed by atoms with van der Waals surface area (Å²) in [5.74, 6) is 0.125. The Morgan fingerprint density at radius 3 is 2.86 bits per heavy atom. The monoisotopic (exact) mass is 279 g/mol. The maximum atomic E-state index is 11.2. The van der Waals surface area contributed by atoms with Gasteiger partial charge in [-0.25, -0.2) is 4.98 Å². The highest BCUT2D eigenvalue weighted by Gasteiger charge is 2.13. The number of nitrogens with one attached hydrogen (secondary N) is 2. The lowest BCUT2D eigenvalue weighted by Crippen LogP contribution is -2.05. The molecule has 1 aromatic heterocycles. The topological polar surface area (TPSA) is 57.8 Å². The number of amides is 1. The molecule has 1 amide bonds. The number of carbonyl (C=O) groups excluding carboxylic acids is 1. The van der Waals surface area contributed by atoms with Gasteiger partial charge < -0.3 is 10.3 Å². The Morgan fingerprint density at radius 2 is 2.14 bits per heavy atom. The molecular formula is C17H17N3O. The van der Waals surface area contributed by atoms with Gasteiger partial charge in [0.2, 0.25) is 5.91 Å². The summed E-state index contributed by atoms with van der Waals surface area (Å²) in [7, 11) is 0. The molecule has 0 aliphatic carbocycles. The number of benzene rings is 2. The summed E-state index contributed by atoms with van der Waals surface area (Å²) in [5, 5.41) is 5.13. The Balaban J connectivity index is 2.11. The van der Waals surface area contributed by atoms with E-state index in [0.29, 0.717) is 0 Å². The first-order valence-corrected chi connectivity index (χ1v) is 6.94. The van der Waals surface area contributed by atoms with Crippen LogP contribution in [0.15, 0.2) is 48.9 Å². The van der Waals surface area contributed by atoms with Crippen molar-refractivity contribution >= 4 is 22.4 Å². The zero-order valence-electron chi connectivity index (χ0n) is 12.1. The highest BCUT2D eigenvalue weighted by molar-refractivity contribution is 5.94. The number of nitrogens with zero attached hydrogens (tertiary/aromatic N) is 1. The Morgan fingerprint density at radius 1 is 1.29 bits per heavy atom. The molecule has 0 saturated heterocycles. The SMILES string of the molecule is CC(=O)Nc1ccc2cccc(C(C)c3c[nH]cn3)c2c1. The van der Waals surface area contributed by atoms with E-state index in [1.165, 1.54) is 12.5 Å². The summed E-state index contributed by atoms with van der Waals surface area (Å²) in [6.07, 6.45) is 3.61. The van der Waals surface area contributed by atoms with E-state index in [4.69, 9.17) is 0 Å². The predicted octanol–water partition coefficient (Wildman–Crippen LogP) is 3.67. The molecule has 0 fully saturated rings. The van der Waals surface area contributed by atoms with Crippen LogP contribution in [0.2, 0.25) is 0 Å². The lowest BCUT2D eigenvalue weighted by Gasteiger charge is -2.14. The van der Waals surface area contributed by atoms with E-state index in [1.807, 2.05) is 24.4 Å². The summed E-state index contributed by atoms with van der Waals surface area (Å²) in [5.41, 5.74) is 3.02. The summed E-state index contributed by atoms with van der Waals surface area (Å²) in [6, 6.07) is 12.2. The highest BCUT2D eigenvalue weighted by Crippen LogP contribution is 2.31. The van der Waals surface area contributed by atoms with Crippen molar-refractivity contribution in [3.63, 3.8) is 0 Å². The van der Waals surface area contributed by atoms with Crippen LogP contribution in [0.3, 0.4) is 0 Å². The molecule has 0 aliphatic heterocycles. The Kier molecular flexibility index (Phi) is 3.44. The number of aromatic amines is 1. The molecule has 0 bridgehead atoms. The van der Waals surface area contributed by atoms with Crippen LogP contribution >= 0.6 is 0 Å². The van der Waals surface area contributed by atoms with Gasteiger partial charge in [0.15, 0.2) is 0 Å². The first kappa shape index (κ1) is 13.4. The minimum absolute atomic E-state index is 0.0628. The normalized spacial score (nSPS) is 12.3. The van der Waals surface area contributed by atoms with Crippen molar-refractivity contribution in [1.29, 1.82) is 0 Å². The van der Waals surface area contributed by atoms with Gasteiger partial charge in [-0.05, 0) is 28.5 Å². The fraction of sp³-hybridized carbons (Fsp3) is 0.176. The van der Waals surface area contributed by atoms with Crippen molar-refractivity contribution in [3.8, 4) is 0 Å². The maximum absolute atomic E-state index is 11.2. The second-order valence-electron chi connectivity index (χ2n) is 5.18. The summed E-state index contributed by atoms with van der Waals surface area (Å²) < 4.78 is 0. The number of aromatic nitrogens is 2. The molecule has 21 heavy (non-hydrogen) atoms. The molecule has 2 aromatic carbocycles. The van der Waals surface area contributed by atoms with Gasteiger partial charge in [0.1, 0.15) is 0 Å². The molecule has 1 unspecified atom stereocenters. The van der Waals surface area contributed by atoms with Crippen LogP contribution < -0.4 is 5.32 Å². The average molecular weight is 279 g/mol. The third kappa shape index (κ3) is 2.65. The van der Waals surface area contributed by atoms with Crippen LogP contribution in [0, 0.1) is 0 Å². The number of anilines is 1. The molecule has 106 valence electrons. The van der Waals surface area contributed by atoms with Crippen LogP contribution in [0.25, 0.3) is 10.8 Å². The van der Waals surface area contributed by atoms with Crippen molar-refractivity contribution in [2.24, 2.45) is 0 Å². The standard InChI is InChI=1S/C17H17N3O/c1-11(17-9-18-10-19-17)15-5-3-4-13-6-7-14(8-16(13)15)20-12(2)21/h3-11H,1-2H3,(H,18,19)(H,20,21). The lowest BCUT2D eigenvalue weighted by molar-refractivity contribution is -0.114. The maximum Gasteiger partial charge on any atom is 0.221 e. The molecule has 3 rings (SSSR count). The van der Waals surface area contributed by atoms with Crippen molar-refractivity contribution in [2.75, 3.05) is 5.32 Å². The Hall–Kier alpha value is -2.62. The van der Waals surface area contributed by atoms with Gasteiger partial charge >= 0.3 is 0 Å². The highest BCUT2D eigenvalue weighted by atomic mass is 16.1. The van der Waals surface area contributed by atoms with Crippen LogP contribution in [-0.4, -0.2) is 15.9 Å². The molecule has 0 aliphatic rings. The first-order chi connectivity index (χ1) is 10.1. The van der Waals surface area contributed by atoms with E-state index >= 15 is 0 Å². The van der Waals surface area contributed by atoms with Gasteiger partial charge in [-0.15, -0.1) is 0 Å². The minimum Gasteiger partial charge on any atom is -0.351 e. The smallest absolute Gasteiger partial charge is 0.221 e. The predicted molar refractivity (Wildman–Crippen MR) is 84.4 cm³/mol. The third-order valence-corrected chi connectivity index (χ3v) is 3.67. The van der Waals surface area contributed by atoms with E-state index in [2.05, 4.69) is 40.4 Å². The fourth-order valence-corrected chi connectivity index (χ4v) is 2.62. The number of carbonyl (C=O) groups is 1. The van der Waals surface area contributed by atoms with Gasteiger partial charge in [0.25, 0.3) is 0 Å². The van der Waals surface area contributed by atoms with Crippen LogP contribution in [-0.2, 0) is 4.79 Å². The Bertz CT molecular complexity index is 778. The van der Waals surface area contributed by atoms with Crippen LogP contribution in [0.1, 0.15) is 31.0 Å². The largest absolute Gasteiger partial charge is 0.351 e. The van der Waals surface area contributed by atoms with E-state index in [-0.39, 0.29) is 11.8 Å². The lowest BCUT2D eigenvalue weighted by atomic mass is 9.92. The van der Waals surface area contributed by atoms with Gasteiger partial charge in [-0.1, -0.05) is 31.2 Å². The molecule has 0 radical (unpaired) electrons. The molecule has 0 saturated carbocycles. The summed E-state index contributed by atoms with van der Waals surface area (Å²) >= 11 is 0. The van der Waals surface area contributed by atoms with Crippen molar-refractivity contribution in [1.82, 2.24) is 9.97 Å². The Labute approximate surface area is 123 Å². The fourth-order valence-electron chi connectivity index (χ4n) is 2.62. The molecule has 1 heterocycles. The molecular weight excluding hydrogens is 262 g/mol. The molecule has 0 spiro atoms. The molecule has 4 heteroatoms. The number of hydrogen-bond donors (Lipinski definition) is 2. The zero-order chi connectivity index (χ0) is 14.8. The van der Waals surface area contributed by atoms with Gasteiger partial charge in [-0.3, -0.25) is 4.79 Å². The van der Waals surface area contributed by atoms with Crippen molar-refractivity contribution in [2.45, 2.75) is 19.8 Å². The summed E-state index contributed by atoms with van der Waals surface area (Å²) in [4.78, 5) is 18.6. The van der Waals surface area contributed by atoms with Gasteiger partial charge in [-0.2, -0.15) is 0 Å². The van der Waals surface area contributed by atoms with E-state index in [1.54, 1.807) is 6.33 Å². The van der Waals surface area contributed by atoms with E-state index in [0.717, 1.165) is 22.2 Å². The van der Waals surface area contributed by atoms with Gasteiger partial charge in [0.05, 0.1) is 12.0 Å². The minimum atomic E-state index is -0.0628. The van der Waals surface area contributed by atoms with E-state index < -0.39 is 0 Å². The third-order valence-electron chi connectivity index (χ3n) is 3.67. The first-order valence-electron chi connectivity index (χ1n) is 6.94. The number of imidazole rings is 1. The number of rotatable bonds is 3. The molecule has 1 atom stereocenters. The molecule has 4 nitrogen and oxygen atoms in total. The average Bonchev–Trinajstić information content (AvgIpc) is 2.99. The zero-order valence-corrected chi connectivity index (χ0v) is 12.1. The number of fused-ring (bicyclic) bond motifs is 1. The quantitative estimate of drug-likeness (QED) is 0.768. The second-order valence-corrected chi connectivity index (χ2v) is 5.18. The van der Waals surface area contributed by atoms with Crippen molar-refractivity contribution < 1.29 is 4.79 Å². The molecule has 2 N–H and O–H groups in total. The van der Waals surface area contributed by atoms with Crippen LogP contribution in [0.5, 0.6) is 0 Å².